The van der Waals surface area contributed by atoms with Crippen LogP contribution in [0.5, 0.6) is 5.75 Å². The second-order valence-electron chi connectivity index (χ2n) is 5.16. The fourth-order valence-electron chi connectivity index (χ4n) is 2.56. The van der Waals surface area contributed by atoms with Crippen molar-refractivity contribution >= 4 is 15.9 Å². The molecule has 0 bridgehead atoms. The fourth-order valence-corrected chi connectivity index (χ4v) is 3.31. The Morgan fingerprint density at radius 3 is 2.75 bits per heavy atom. The Kier molecular flexibility index (Phi) is 3.52. The lowest BCUT2D eigenvalue weighted by Gasteiger charge is -2.31. The third-order valence-corrected chi connectivity index (χ3v) is 4.30. The molecule has 1 heterocycles. The molecule has 1 aliphatic heterocycles. The van der Waals surface area contributed by atoms with E-state index in [4.69, 9.17) is 10.5 Å². The van der Waals surface area contributed by atoms with Crippen molar-refractivity contribution in [3.05, 3.63) is 63.4 Å². The van der Waals surface area contributed by atoms with Crippen molar-refractivity contribution in [2.24, 2.45) is 5.73 Å². The Morgan fingerprint density at radius 1 is 1.20 bits per heavy atom. The van der Waals surface area contributed by atoms with E-state index in [1.807, 2.05) is 13.0 Å². The summed E-state index contributed by atoms with van der Waals surface area (Å²) in [6.45, 7) is 2.04. The maximum absolute atomic E-state index is 13.3. The van der Waals surface area contributed by atoms with Gasteiger partial charge in [0.05, 0.1) is 0 Å². The highest BCUT2D eigenvalue weighted by Gasteiger charge is 2.28. The van der Waals surface area contributed by atoms with Gasteiger partial charge in [-0.2, -0.15) is 0 Å². The standard InChI is InChI=1S/C16H15BrFNO/c1-9-2-4-11(13(17)6-9)16-8-14(19)12-7-10(18)3-5-15(12)20-16/h2-7,14,16H,8,19H2,1H3/t14-,16?/m0/s1. The van der Waals surface area contributed by atoms with Crippen LogP contribution in [0.2, 0.25) is 0 Å². The Labute approximate surface area is 125 Å². The van der Waals surface area contributed by atoms with Crippen LogP contribution in [0.3, 0.4) is 0 Å². The molecule has 2 N–H and O–H groups in total. The van der Waals surface area contributed by atoms with Crippen molar-refractivity contribution in [1.29, 1.82) is 0 Å². The summed E-state index contributed by atoms with van der Waals surface area (Å²) in [6.07, 6.45) is 0.524. The monoisotopic (exact) mass is 335 g/mol. The molecule has 1 aliphatic rings. The molecule has 0 fully saturated rings. The number of rotatable bonds is 1. The van der Waals surface area contributed by atoms with E-state index in [1.54, 1.807) is 6.07 Å². The van der Waals surface area contributed by atoms with Crippen LogP contribution in [0.15, 0.2) is 40.9 Å². The summed E-state index contributed by atoms with van der Waals surface area (Å²) in [4.78, 5) is 0. The van der Waals surface area contributed by atoms with Crippen molar-refractivity contribution < 1.29 is 9.13 Å². The highest BCUT2D eigenvalue weighted by Crippen LogP contribution is 2.41. The second-order valence-corrected chi connectivity index (χ2v) is 6.01. The molecule has 0 spiro atoms. The van der Waals surface area contributed by atoms with Gasteiger partial charge >= 0.3 is 0 Å². The minimum Gasteiger partial charge on any atom is -0.485 e. The summed E-state index contributed by atoms with van der Waals surface area (Å²) in [5.74, 6) is 0.389. The summed E-state index contributed by atoms with van der Waals surface area (Å²) in [7, 11) is 0. The zero-order chi connectivity index (χ0) is 14.3. The third kappa shape index (κ3) is 2.45. The van der Waals surface area contributed by atoms with Gasteiger partial charge in [0.1, 0.15) is 17.7 Å². The minimum absolute atomic E-state index is 0.113. The lowest BCUT2D eigenvalue weighted by Crippen LogP contribution is -2.24. The molecular formula is C16H15BrFNO. The summed E-state index contributed by atoms with van der Waals surface area (Å²) in [5.41, 5.74) is 9.16. The molecule has 3 rings (SSSR count). The number of fused-ring (bicyclic) bond motifs is 1. The van der Waals surface area contributed by atoms with Crippen LogP contribution in [0.1, 0.15) is 35.3 Å². The SMILES string of the molecule is Cc1ccc(C2C[C@H](N)c3cc(F)ccc3O2)c(Br)c1. The van der Waals surface area contributed by atoms with Gasteiger partial charge in [-0.05, 0) is 36.8 Å². The first-order chi connectivity index (χ1) is 9.54. The lowest BCUT2D eigenvalue weighted by atomic mass is 9.93. The lowest BCUT2D eigenvalue weighted by molar-refractivity contribution is 0.160. The fraction of sp³-hybridized carbons (Fsp3) is 0.250. The maximum atomic E-state index is 13.3. The Hall–Kier alpha value is -1.39. The Balaban J connectivity index is 1.97. The van der Waals surface area contributed by atoms with E-state index in [0.717, 1.165) is 15.6 Å². The molecule has 0 amide bonds. The van der Waals surface area contributed by atoms with Crippen LogP contribution < -0.4 is 10.5 Å². The highest BCUT2D eigenvalue weighted by atomic mass is 79.9. The van der Waals surface area contributed by atoms with E-state index in [9.17, 15) is 4.39 Å². The molecule has 0 aliphatic carbocycles. The van der Waals surface area contributed by atoms with E-state index in [-0.39, 0.29) is 18.0 Å². The van der Waals surface area contributed by atoms with Crippen LogP contribution in [0.25, 0.3) is 0 Å². The number of hydrogen-bond donors (Lipinski definition) is 1. The van der Waals surface area contributed by atoms with Crippen LogP contribution in [0, 0.1) is 12.7 Å². The molecule has 0 saturated heterocycles. The van der Waals surface area contributed by atoms with Gasteiger partial charge in [-0.25, -0.2) is 4.39 Å². The van der Waals surface area contributed by atoms with Crippen molar-refractivity contribution in [2.45, 2.75) is 25.5 Å². The first kappa shape index (κ1) is 13.6. The zero-order valence-corrected chi connectivity index (χ0v) is 12.7. The van der Waals surface area contributed by atoms with E-state index >= 15 is 0 Å². The molecule has 2 aromatic carbocycles. The number of halogens is 2. The van der Waals surface area contributed by atoms with Gasteiger partial charge in [0.15, 0.2) is 0 Å². The minimum atomic E-state index is -0.280. The van der Waals surface area contributed by atoms with E-state index < -0.39 is 0 Å². The summed E-state index contributed by atoms with van der Waals surface area (Å²) in [5, 5.41) is 0. The zero-order valence-electron chi connectivity index (χ0n) is 11.1. The molecule has 2 atom stereocenters. The van der Waals surface area contributed by atoms with Crippen LogP contribution in [-0.4, -0.2) is 0 Å². The van der Waals surface area contributed by atoms with E-state index in [2.05, 4.69) is 28.1 Å². The Morgan fingerprint density at radius 2 is 2.00 bits per heavy atom. The molecular weight excluding hydrogens is 321 g/mol. The average Bonchev–Trinajstić information content (AvgIpc) is 2.39. The average molecular weight is 336 g/mol. The number of aryl methyl sites for hydroxylation is 1. The van der Waals surface area contributed by atoms with Crippen LogP contribution >= 0.6 is 15.9 Å². The summed E-state index contributed by atoms with van der Waals surface area (Å²) in [6, 6.07) is 10.5. The third-order valence-electron chi connectivity index (χ3n) is 3.61. The van der Waals surface area contributed by atoms with Crippen molar-refractivity contribution in [2.75, 3.05) is 0 Å². The predicted octanol–water partition coefficient (Wildman–Crippen LogP) is 4.42. The molecule has 1 unspecified atom stereocenters. The first-order valence-electron chi connectivity index (χ1n) is 6.52. The quantitative estimate of drug-likeness (QED) is 0.837. The van der Waals surface area contributed by atoms with Gasteiger partial charge in [-0.15, -0.1) is 0 Å². The van der Waals surface area contributed by atoms with Crippen LogP contribution in [-0.2, 0) is 0 Å². The molecule has 0 aromatic heterocycles. The van der Waals surface area contributed by atoms with Gasteiger partial charge in [0, 0.05) is 28.1 Å². The maximum Gasteiger partial charge on any atom is 0.127 e. The van der Waals surface area contributed by atoms with Gasteiger partial charge < -0.3 is 10.5 Å². The van der Waals surface area contributed by atoms with Gasteiger partial charge in [-0.1, -0.05) is 28.1 Å². The predicted molar refractivity (Wildman–Crippen MR) is 80.2 cm³/mol. The molecule has 4 heteroatoms. The van der Waals surface area contributed by atoms with Crippen molar-refractivity contribution in [3.63, 3.8) is 0 Å². The van der Waals surface area contributed by atoms with Crippen LogP contribution in [0.4, 0.5) is 4.39 Å². The molecule has 0 saturated carbocycles. The normalized spacial score (nSPS) is 21.2. The molecule has 104 valence electrons. The summed E-state index contributed by atoms with van der Waals surface area (Å²) >= 11 is 3.57. The number of ether oxygens (including phenoxy) is 1. The van der Waals surface area contributed by atoms with E-state index in [1.165, 1.54) is 17.7 Å². The van der Waals surface area contributed by atoms with E-state index in [0.29, 0.717) is 12.2 Å². The highest BCUT2D eigenvalue weighted by molar-refractivity contribution is 9.10. The molecule has 2 nitrogen and oxygen atoms in total. The topological polar surface area (TPSA) is 35.2 Å². The molecule has 20 heavy (non-hydrogen) atoms. The van der Waals surface area contributed by atoms with Crippen molar-refractivity contribution in [1.82, 2.24) is 0 Å². The van der Waals surface area contributed by atoms with Gasteiger partial charge in [0.25, 0.3) is 0 Å². The molecule has 0 radical (unpaired) electrons. The molecule has 2 aromatic rings. The summed E-state index contributed by atoms with van der Waals surface area (Å²) < 4.78 is 20.3. The largest absolute Gasteiger partial charge is 0.485 e. The number of hydrogen-bond acceptors (Lipinski definition) is 2. The number of nitrogens with two attached hydrogens (primary N) is 1. The number of benzene rings is 2. The van der Waals surface area contributed by atoms with Crippen molar-refractivity contribution in [3.8, 4) is 5.75 Å². The smallest absolute Gasteiger partial charge is 0.127 e. The van der Waals surface area contributed by atoms with Gasteiger partial charge in [0.2, 0.25) is 0 Å². The first-order valence-corrected chi connectivity index (χ1v) is 7.31. The Bertz CT molecular complexity index is 659. The second kappa shape index (κ2) is 5.19. The van der Waals surface area contributed by atoms with Gasteiger partial charge in [-0.3, -0.25) is 0 Å².